The van der Waals surface area contributed by atoms with Crippen LogP contribution in [-0.4, -0.2) is 17.1 Å². The van der Waals surface area contributed by atoms with Gasteiger partial charge in [0.2, 0.25) is 0 Å². The zero-order valence-electron chi connectivity index (χ0n) is 9.03. The van der Waals surface area contributed by atoms with Crippen molar-refractivity contribution in [2.45, 2.75) is 13.5 Å². The van der Waals surface area contributed by atoms with Crippen LogP contribution in [0.5, 0.6) is 0 Å². The highest BCUT2D eigenvalue weighted by atomic mass is 35.5. The SMILES string of the molecule is COCc1nc(Cl)cc(-c2csc(C)c2)n1. The maximum atomic E-state index is 5.94. The fraction of sp³-hybridized carbons (Fsp3) is 0.273. The van der Waals surface area contributed by atoms with Crippen molar-refractivity contribution in [2.75, 3.05) is 7.11 Å². The molecule has 0 bridgehead atoms. The predicted molar refractivity (Wildman–Crippen MR) is 65.8 cm³/mol. The third kappa shape index (κ3) is 2.58. The molecule has 2 aromatic heterocycles. The van der Waals surface area contributed by atoms with E-state index in [4.69, 9.17) is 16.3 Å². The summed E-state index contributed by atoms with van der Waals surface area (Å²) in [7, 11) is 1.61. The summed E-state index contributed by atoms with van der Waals surface area (Å²) in [6.45, 7) is 2.43. The first-order chi connectivity index (χ1) is 7.69. The lowest BCUT2D eigenvalue weighted by Crippen LogP contribution is -1.98. The van der Waals surface area contributed by atoms with Gasteiger partial charge in [-0.05, 0) is 13.0 Å². The first-order valence-corrected chi connectivity index (χ1v) is 6.02. The molecule has 0 fully saturated rings. The summed E-state index contributed by atoms with van der Waals surface area (Å²) in [5.74, 6) is 0.605. The van der Waals surface area contributed by atoms with Crippen molar-refractivity contribution in [3.63, 3.8) is 0 Å². The van der Waals surface area contributed by atoms with Gasteiger partial charge in [-0.25, -0.2) is 9.97 Å². The Morgan fingerprint density at radius 1 is 1.38 bits per heavy atom. The van der Waals surface area contributed by atoms with Crippen LogP contribution in [0.3, 0.4) is 0 Å². The van der Waals surface area contributed by atoms with Crippen LogP contribution in [0, 0.1) is 6.92 Å². The number of thiophene rings is 1. The van der Waals surface area contributed by atoms with E-state index >= 15 is 0 Å². The molecule has 2 heterocycles. The molecule has 0 aliphatic carbocycles. The Morgan fingerprint density at radius 3 is 2.81 bits per heavy atom. The number of rotatable bonds is 3. The van der Waals surface area contributed by atoms with Crippen LogP contribution in [0.25, 0.3) is 11.3 Å². The van der Waals surface area contributed by atoms with Crippen LogP contribution in [-0.2, 0) is 11.3 Å². The van der Waals surface area contributed by atoms with Gasteiger partial charge in [0.25, 0.3) is 0 Å². The Morgan fingerprint density at radius 2 is 2.19 bits per heavy atom. The van der Waals surface area contributed by atoms with Gasteiger partial charge >= 0.3 is 0 Å². The van der Waals surface area contributed by atoms with Crippen LogP contribution in [0.2, 0.25) is 5.15 Å². The largest absolute Gasteiger partial charge is 0.377 e. The zero-order chi connectivity index (χ0) is 11.5. The highest BCUT2D eigenvalue weighted by Gasteiger charge is 2.06. The topological polar surface area (TPSA) is 35.0 Å². The lowest BCUT2D eigenvalue weighted by Gasteiger charge is -2.02. The first kappa shape index (κ1) is 11.5. The van der Waals surface area contributed by atoms with Crippen molar-refractivity contribution < 1.29 is 4.74 Å². The molecule has 2 rings (SSSR count). The monoisotopic (exact) mass is 254 g/mol. The fourth-order valence-electron chi connectivity index (χ4n) is 1.38. The molecule has 0 saturated carbocycles. The highest BCUT2D eigenvalue weighted by molar-refractivity contribution is 7.10. The van der Waals surface area contributed by atoms with Crippen molar-refractivity contribution in [3.8, 4) is 11.3 Å². The summed E-state index contributed by atoms with van der Waals surface area (Å²) in [4.78, 5) is 9.73. The summed E-state index contributed by atoms with van der Waals surface area (Å²) < 4.78 is 5.00. The zero-order valence-corrected chi connectivity index (χ0v) is 10.6. The van der Waals surface area contributed by atoms with Gasteiger partial charge in [-0.1, -0.05) is 11.6 Å². The van der Waals surface area contributed by atoms with Gasteiger partial charge in [0.05, 0.1) is 5.69 Å². The lowest BCUT2D eigenvalue weighted by molar-refractivity contribution is 0.178. The Bertz CT molecular complexity index is 498. The number of ether oxygens (including phenoxy) is 1. The van der Waals surface area contributed by atoms with Crippen LogP contribution in [0.15, 0.2) is 17.5 Å². The number of hydrogen-bond donors (Lipinski definition) is 0. The van der Waals surface area contributed by atoms with Gasteiger partial charge in [-0.15, -0.1) is 11.3 Å². The van der Waals surface area contributed by atoms with Crippen molar-refractivity contribution >= 4 is 22.9 Å². The second kappa shape index (κ2) is 4.91. The van der Waals surface area contributed by atoms with E-state index in [0.717, 1.165) is 11.3 Å². The van der Waals surface area contributed by atoms with Crippen LogP contribution < -0.4 is 0 Å². The average molecular weight is 255 g/mol. The number of aromatic nitrogens is 2. The molecule has 84 valence electrons. The van der Waals surface area contributed by atoms with Gasteiger partial charge in [0, 0.05) is 29.0 Å². The van der Waals surface area contributed by atoms with Crippen molar-refractivity contribution in [3.05, 3.63) is 33.4 Å². The molecular formula is C11H11ClN2OS. The molecular weight excluding hydrogens is 244 g/mol. The molecule has 0 aliphatic heterocycles. The standard InChI is InChI=1S/C11H11ClN2OS/c1-7-3-8(6-16-7)9-4-10(12)14-11(13-9)5-15-2/h3-4,6H,5H2,1-2H3. The summed E-state index contributed by atoms with van der Waals surface area (Å²) in [5.41, 5.74) is 1.92. The molecule has 0 spiro atoms. The first-order valence-electron chi connectivity index (χ1n) is 4.77. The van der Waals surface area contributed by atoms with E-state index in [2.05, 4.69) is 28.3 Å². The highest BCUT2D eigenvalue weighted by Crippen LogP contribution is 2.25. The Kier molecular flexibility index (Phi) is 3.53. The molecule has 0 radical (unpaired) electrons. The Hall–Kier alpha value is -0.970. The molecule has 0 atom stereocenters. The number of halogens is 1. The van der Waals surface area contributed by atoms with E-state index in [1.165, 1.54) is 4.88 Å². The third-order valence-corrected chi connectivity index (χ3v) is 3.10. The minimum atomic E-state index is 0.372. The fourth-order valence-corrected chi connectivity index (χ4v) is 2.28. The third-order valence-electron chi connectivity index (χ3n) is 2.04. The summed E-state index contributed by atoms with van der Waals surface area (Å²) in [6.07, 6.45) is 0. The van der Waals surface area contributed by atoms with E-state index in [1.54, 1.807) is 24.5 Å². The van der Waals surface area contributed by atoms with Gasteiger partial charge in [-0.2, -0.15) is 0 Å². The van der Waals surface area contributed by atoms with E-state index in [9.17, 15) is 0 Å². The number of methoxy groups -OCH3 is 1. The van der Waals surface area contributed by atoms with Gasteiger partial charge < -0.3 is 4.74 Å². The van der Waals surface area contributed by atoms with Gasteiger partial charge in [0.1, 0.15) is 11.8 Å². The van der Waals surface area contributed by atoms with E-state index in [0.29, 0.717) is 17.6 Å². The molecule has 3 nitrogen and oxygen atoms in total. The van der Waals surface area contributed by atoms with E-state index in [1.807, 2.05) is 0 Å². The number of hydrogen-bond acceptors (Lipinski definition) is 4. The molecule has 0 N–H and O–H groups in total. The lowest BCUT2D eigenvalue weighted by atomic mass is 10.2. The minimum absolute atomic E-state index is 0.372. The Labute approximate surface area is 103 Å². The van der Waals surface area contributed by atoms with E-state index < -0.39 is 0 Å². The summed E-state index contributed by atoms with van der Waals surface area (Å²) in [5, 5.41) is 2.51. The van der Waals surface area contributed by atoms with Crippen LogP contribution >= 0.6 is 22.9 Å². The minimum Gasteiger partial charge on any atom is -0.377 e. The second-order valence-electron chi connectivity index (χ2n) is 3.37. The van der Waals surface area contributed by atoms with Gasteiger partial charge in [-0.3, -0.25) is 0 Å². The molecule has 0 unspecified atom stereocenters. The molecule has 16 heavy (non-hydrogen) atoms. The second-order valence-corrected chi connectivity index (χ2v) is 4.87. The summed E-state index contributed by atoms with van der Waals surface area (Å²) >= 11 is 7.63. The molecule has 2 aromatic rings. The molecule has 0 amide bonds. The van der Waals surface area contributed by atoms with E-state index in [-0.39, 0.29) is 0 Å². The Balaban J connectivity index is 2.40. The molecule has 5 heteroatoms. The van der Waals surface area contributed by atoms with Crippen molar-refractivity contribution in [2.24, 2.45) is 0 Å². The normalized spacial score (nSPS) is 10.7. The van der Waals surface area contributed by atoms with Gasteiger partial charge in [0.15, 0.2) is 5.82 Å². The predicted octanol–water partition coefficient (Wildman–Crippen LogP) is 3.31. The maximum absolute atomic E-state index is 5.94. The van der Waals surface area contributed by atoms with Crippen molar-refractivity contribution in [1.82, 2.24) is 9.97 Å². The number of aryl methyl sites for hydroxylation is 1. The molecule has 0 saturated heterocycles. The molecule has 0 aliphatic rings. The average Bonchev–Trinajstić information content (AvgIpc) is 2.64. The van der Waals surface area contributed by atoms with Crippen LogP contribution in [0.4, 0.5) is 0 Å². The van der Waals surface area contributed by atoms with Crippen molar-refractivity contribution in [1.29, 1.82) is 0 Å². The summed E-state index contributed by atoms with van der Waals surface area (Å²) in [6, 6.07) is 3.85. The maximum Gasteiger partial charge on any atom is 0.156 e. The molecule has 0 aromatic carbocycles. The smallest absolute Gasteiger partial charge is 0.156 e. The number of nitrogens with zero attached hydrogens (tertiary/aromatic N) is 2. The van der Waals surface area contributed by atoms with Crippen LogP contribution in [0.1, 0.15) is 10.7 Å². The quantitative estimate of drug-likeness (QED) is 0.789.